The molecule has 1 aromatic carbocycles. The lowest BCUT2D eigenvalue weighted by Crippen LogP contribution is -2.27. The third-order valence-corrected chi connectivity index (χ3v) is 4.14. The molecule has 0 spiro atoms. The Morgan fingerprint density at radius 3 is 1.48 bits per heavy atom. The van der Waals surface area contributed by atoms with Crippen molar-refractivity contribution in [3.05, 3.63) is 58.2 Å². The number of rotatable bonds is 3. The fraction of sp³-hybridized carbons (Fsp3) is 0.176. The van der Waals surface area contributed by atoms with Crippen LogP contribution in [0.15, 0.2) is 52.6 Å². The number of imide groups is 2. The quantitative estimate of drug-likeness (QED) is 0.805. The third-order valence-electron chi connectivity index (χ3n) is 4.14. The van der Waals surface area contributed by atoms with Gasteiger partial charge in [-0.25, -0.2) is 0 Å². The van der Waals surface area contributed by atoms with E-state index in [9.17, 15) is 19.2 Å². The Labute approximate surface area is 132 Å². The maximum Gasteiger partial charge on any atom is 0.255 e. The van der Waals surface area contributed by atoms with E-state index in [1.165, 1.54) is 13.8 Å². The minimum atomic E-state index is -0.755. The highest BCUT2D eigenvalue weighted by atomic mass is 16.2. The molecule has 0 aliphatic carbocycles. The molecule has 2 aliphatic rings. The van der Waals surface area contributed by atoms with Crippen molar-refractivity contribution in [2.45, 2.75) is 19.8 Å². The average Bonchev–Trinajstić information content (AvgIpc) is 2.92. The molecule has 4 amide bonds. The summed E-state index contributed by atoms with van der Waals surface area (Å²) in [5.74, 6) is -2.78. The van der Waals surface area contributed by atoms with E-state index in [2.05, 4.69) is 10.6 Å². The molecule has 116 valence electrons. The summed E-state index contributed by atoms with van der Waals surface area (Å²) in [6.07, 6.45) is 0. The summed E-state index contributed by atoms with van der Waals surface area (Å²) in [5, 5.41) is 4.48. The van der Waals surface area contributed by atoms with Gasteiger partial charge in [0.15, 0.2) is 0 Å². The standard InChI is InChI=1S/C17H14N2O4/c1-8-11(16(22)18-14(8)20)13(10-6-4-3-5-7-10)12-9(2)15(21)19-17(12)23/h3-7,13H,1-2H3,(H,18,20,22)(H,19,21,23). The van der Waals surface area contributed by atoms with Crippen LogP contribution in [0.3, 0.4) is 0 Å². The molecule has 0 unspecified atom stereocenters. The molecule has 2 N–H and O–H groups in total. The van der Waals surface area contributed by atoms with Crippen molar-refractivity contribution in [1.29, 1.82) is 0 Å². The largest absolute Gasteiger partial charge is 0.289 e. The van der Waals surface area contributed by atoms with E-state index in [0.29, 0.717) is 5.56 Å². The molecule has 0 saturated heterocycles. The van der Waals surface area contributed by atoms with E-state index in [1.807, 2.05) is 6.07 Å². The molecular formula is C17H14N2O4. The van der Waals surface area contributed by atoms with Gasteiger partial charge in [-0.2, -0.15) is 0 Å². The van der Waals surface area contributed by atoms with Crippen LogP contribution >= 0.6 is 0 Å². The number of carbonyl (C=O) groups excluding carboxylic acids is 4. The SMILES string of the molecule is CC1=C(C(C2=C(C)C(=O)NC2=O)c2ccccc2)C(=O)NC1=O. The van der Waals surface area contributed by atoms with E-state index in [4.69, 9.17) is 0 Å². The van der Waals surface area contributed by atoms with Crippen molar-refractivity contribution in [3.63, 3.8) is 0 Å². The van der Waals surface area contributed by atoms with Crippen molar-refractivity contribution in [2.75, 3.05) is 0 Å². The van der Waals surface area contributed by atoms with Gasteiger partial charge >= 0.3 is 0 Å². The van der Waals surface area contributed by atoms with Crippen molar-refractivity contribution < 1.29 is 19.2 Å². The summed E-state index contributed by atoms with van der Waals surface area (Å²) in [6.45, 7) is 3.08. The summed E-state index contributed by atoms with van der Waals surface area (Å²) in [4.78, 5) is 48.1. The highest BCUT2D eigenvalue weighted by Gasteiger charge is 2.41. The van der Waals surface area contributed by atoms with Crippen LogP contribution in [-0.2, 0) is 19.2 Å². The monoisotopic (exact) mass is 310 g/mol. The molecule has 3 rings (SSSR count). The zero-order valence-electron chi connectivity index (χ0n) is 12.6. The first-order valence-corrected chi connectivity index (χ1v) is 7.09. The Balaban J connectivity index is 2.26. The molecule has 2 aliphatic heterocycles. The lowest BCUT2D eigenvalue weighted by molar-refractivity contribution is -0.125. The number of amides is 4. The number of nitrogens with one attached hydrogen (secondary N) is 2. The summed E-state index contributed by atoms with van der Waals surface area (Å²) in [5.41, 5.74) is 1.61. The van der Waals surface area contributed by atoms with Gasteiger partial charge in [-0.1, -0.05) is 30.3 Å². The first-order valence-electron chi connectivity index (χ1n) is 7.09. The Morgan fingerprint density at radius 2 is 1.13 bits per heavy atom. The molecule has 0 fully saturated rings. The lowest BCUT2D eigenvalue weighted by Gasteiger charge is -2.19. The Hall–Kier alpha value is -3.02. The first-order chi connectivity index (χ1) is 10.9. The van der Waals surface area contributed by atoms with E-state index in [-0.39, 0.29) is 22.3 Å². The smallest absolute Gasteiger partial charge is 0.255 e. The summed E-state index contributed by atoms with van der Waals surface area (Å²) in [6, 6.07) is 8.88. The van der Waals surface area contributed by atoms with Crippen LogP contribution in [0.4, 0.5) is 0 Å². The predicted molar refractivity (Wildman–Crippen MR) is 80.9 cm³/mol. The van der Waals surface area contributed by atoms with Crippen LogP contribution in [0.25, 0.3) is 0 Å². The van der Waals surface area contributed by atoms with Crippen molar-refractivity contribution in [2.24, 2.45) is 0 Å². The zero-order valence-corrected chi connectivity index (χ0v) is 12.6. The second-order valence-corrected chi connectivity index (χ2v) is 5.49. The van der Waals surface area contributed by atoms with Gasteiger partial charge in [0.05, 0.1) is 0 Å². The topological polar surface area (TPSA) is 92.3 Å². The third kappa shape index (κ3) is 2.28. The van der Waals surface area contributed by atoms with Crippen LogP contribution in [0.5, 0.6) is 0 Å². The fourth-order valence-electron chi connectivity index (χ4n) is 2.93. The van der Waals surface area contributed by atoms with Crippen LogP contribution in [0, 0.1) is 0 Å². The number of hydrogen-bond acceptors (Lipinski definition) is 4. The van der Waals surface area contributed by atoms with Crippen LogP contribution in [0.1, 0.15) is 25.3 Å². The minimum absolute atomic E-state index is 0.209. The maximum absolute atomic E-state index is 12.2. The molecule has 1 aromatic rings. The molecule has 6 heteroatoms. The highest BCUT2D eigenvalue weighted by molar-refractivity contribution is 6.24. The second kappa shape index (κ2) is 5.31. The molecule has 0 radical (unpaired) electrons. The van der Waals surface area contributed by atoms with E-state index in [1.54, 1.807) is 24.3 Å². The van der Waals surface area contributed by atoms with Crippen LogP contribution < -0.4 is 10.6 Å². The summed E-state index contributed by atoms with van der Waals surface area (Å²) < 4.78 is 0. The van der Waals surface area contributed by atoms with E-state index < -0.39 is 29.5 Å². The zero-order chi connectivity index (χ0) is 16.7. The lowest BCUT2D eigenvalue weighted by atomic mass is 9.81. The van der Waals surface area contributed by atoms with Gasteiger partial charge in [-0.3, -0.25) is 29.8 Å². The molecule has 0 bridgehead atoms. The summed E-state index contributed by atoms with van der Waals surface area (Å²) >= 11 is 0. The Kier molecular flexibility index (Phi) is 3.44. The Morgan fingerprint density at radius 1 is 0.696 bits per heavy atom. The van der Waals surface area contributed by atoms with Gasteiger partial charge in [-0.15, -0.1) is 0 Å². The van der Waals surface area contributed by atoms with Gasteiger partial charge in [-0.05, 0) is 19.4 Å². The normalized spacial score (nSPS) is 18.2. The van der Waals surface area contributed by atoms with Crippen molar-refractivity contribution in [1.82, 2.24) is 10.6 Å². The van der Waals surface area contributed by atoms with E-state index in [0.717, 1.165) is 0 Å². The molecule has 6 nitrogen and oxygen atoms in total. The average molecular weight is 310 g/mol. The van der Waals surface area contributed by atoms with Crippen molar-refractivity contribution >= 4 is 23.6 Å². The van der Waals surface area contributed by atoms with Crippen molar-refractivity contribution in [3.8, 4) is 0 Å². The van der Waals surface area contributed by atoms with Gasteiger partial charge in [0.1, 0.15) is 0 Å². The Bertz CT molecular complexity index is 768. The minimum Gasteiger partial charge on any atom is -0.289 e. The van der Waals surface area contributed by atoms with E-state index >= 15 is 0 Å². The number of benzene rings is 1. The summed E-state index contributed by atoms with van der Waals surface area (Å²) in [7, 11) is 0. The molecular weight excluding hydrogens is 296 g/mol. The number of hydrogen-bond donors (Lipinski definition) is 2. The molecule has 0 atom stereocenters. The molecule has 0 saturated carbocycles. The second-order valence-electron chi connectivity index (χ2n) is 5.49. The predicted octanol–water partition coefficient (Wildman–Crippen LogP) is 0.716. The molecule has 0 aromatic heterocycles. The maximum atomic E-state index is 12.2. The van der Waals surface area contributed by atoms with Gasteiger partial charge in [0.2, 0.25) is 0 Å². The van der Waals surface area contributed by atoms with Crippen LogP contribution in [0.2, 0.25) is 0 Å². The molecule has 2 heterocycles. The number of carbonyl (C=O) groups is 4. The van der Waals surface area contributed by atoms with Gasteiger partial charge in [0.25, 0.3) is 23.6 Å². The first kappa shape index (κ1) is 14.9. The molecule has 23 heavy (non-hydrogen) atoms. The van der Waals surface area contributed by atoms with Gasteiger partial charge in [0, 0.05) is 28.2 Å². The highest BCUT2D eigenvalue weighted by Crippen LogP contribution is 2.38. The fourth-order valence-corrected chi connectivity index (χ4v) is 2.93. The van der Waals surface area contributed by atoms with Gasteiger partial charge < -0.3 is 0 Å². The van der Waals surface area contributed by atoms with Crippen LogP contribution in [-0.4, -0.2) is 23.6 Å².